The lowest BCUT2D eigenvalue weighted by atomic mass is 9.96. The van der Waals surface area contributed by atoms with Gasteiger partial charge in [0.2, 0.25) is 0 Å². The minimum atomic E-state index is 0.00659. The summed E-state index contributed by atoms with van der Waals surface area (Å²) in [5.41, 5.74) is 1.38. The van der Waals surface area contributed by atoms with Gasteiger partial charge < -0.3 is 10.6 Å². The van der Waals surface area contributed by atoms with Gasteiger partial charge in [-0.05, 0) is 25.3 Å². The minimum absolute atomic E-state index is 0.00659. The quantitative estimate of drug-likeness (QED) is 0.822. The second-order valence-electron chi connectivity index (χ2n) is 7.92. The van der Waals surface area contributed by atoms with Crippen LogP contribution in [0.1, 0.15) is 44.6 Å². The van der Waals surface area contributed by atoms with Gasteiger partial charge in [0, 0.05) is 51.4 Å². The highest BCUT2D eigenvalue weighted by Crippen LogP contribution is 2.17. The van der Waals surface area contributed by atoms with E-state index in [4.69, 9.17) is 0 Å². The van der Waals surface area contributed by atoms with Crippen LogP contribution in [-0.4, -0.2) is 60.6 Å². The molecule has 3 rings (SSSR count). The average molecular weight is 359 g/mol. The van der Waals surface area contributed by atoms with Crippen molar-refractivity contribution in [3.8, 4) is 0 Å². The lowest BCUT2D eigenvalue weighted by Gasteiger charge is -2.36. The van der Waals surface area contributed by atoms with E-state index in [9.17, 15) is 4.79 Å². The number of piperazine rings is 1. The second-order valence-corrected chi connectivity index (χ2v) is 7.92. The molecule has 0 radical (unpaired) electrons. The fourth-order valence-electron chi connectivity index (χ4n) is 4.10. The molecule has 0 aromatic heterocycles. The third-order valence-corrected chi connectivity index (χ3v) is 5.56. The number of amides is 2. The summed E-state index contributed by atoms with van der Waals surface area (Å²) in [6, 6.07) is 11.2. The van der Waals surface area contributed by atoms with E-state index in [0.717, 1.165) is 52.1 Å². The summed E-state index contributed by atoms with van der Waals surface area (Å²) in [4.78, 5) is 17.1. The zero-order chi connectivity index (χ0) is 18.2. The predicted molar refractivity (Wildman–Crippen MR) is 106 cm³/mol. The Labute approximate surface area is 158 Å². The van der Waals surface area contributed by atoms with Crippen molar-refractivity contribution in [1.29, 1.82) is 0 Å². The molecule has 1 heterocycles. The van der Waals surface area contributed by atoms with Gasteiger partial charge in [-0.1, -0.05) is 49.6 Å². The van der Waals surface area contributed by atoms with Crippen molar-refractivity contribution in [3.63, 3.8) is 0 Å². The number of carbonyl (C=O) groups is 1. The number of nitrogens with zero attached hydrogens (tertiary/aromatic N) is 2. The van der Waals surface area contributed by atoms with Crippen LogP contribution in [0.15, 0.2) is 30.3 Å². The second kappa shape index (κ2) is 9.93. The van der Waals surface area contributed by atoms with Gasteiger partial charge in [0.15, 0.2) is 0 Å². The molecule has 1 aliphatic carbocycles. The first-order valence-corrected chi connectivity index (χ1v) is 10.2. The summed E-state index contributed by atoms with van der Waals surface area (Å²) in [5.74, 6) is 0. The Morgan fingerprint density at radius 1 is 1.04 bits per heavy atom. The molecule has 0 bridgehead atoms. The molecule has 5 nitrogen and oxygen atoms in total. The molecule has 0 unspecified atom stereocenters. The van der Waals surface area contributed by atoms with E-state index >= 15 is 0 Å². The van der Waals surface area contributed by atoms with Crippen molar-refractivity contribution in [2.45, 2.75) is 57.7 Å². The summed E-state index contributed by atoms with van der Waals surface area (Å²) in [6.45, 7) is 8.40. The molecule has 2 aliphatic rings. The highest BCUT2D eigenvalue weighted by atomic mass is 16.2. The number of urea groups is 1. The summed E-state index contributed by atoms with van der Waals surface area (Å²) in [6.07, 6.45) is 6.06. The maximum atomic E-state index is 12.2. The summed E-state index contributed by atoms with van der Waals surface area (Å²) in [5, 5.41) is 6.26. The first kappa shape index (κ1) is 19.2. The monoisotopic (exact) mass is 358 g/mol. The van der Waals surface area contributed by atoms with E-state index in [1.807, 2.05) is 0 Å². The minimum Gasteiger partial charge on any atom is -0.335 e. The molecular formula is C21H34N4O. The molecule has 1 saturated carbocycles. The van der Waals surface area contributed by atoms with E-state index in [2.05, 4.69) is 57.7 Å². The van der Waals surface area contributed by atoms with Gasteiger partial charge in [0.25, 0.3) is 0 Å². The Bertz CT molecular complexity index is 536. The van der Waals surface area contributed by atoms with Crippen LogP contribution in [-0.2, 0) is 6.54 Å². The molecule has 1 aliphatic heterocycles. The molecule has 1 aromatic carbocycles. The zero-order valence-electron chi connectivity index (χ0n) is 16.1. The van der Waals surface area contributed by atoms with Gasteiger partial charge in [-0.2, -0.15) is 0 Å². The van der Waals surface area contributed by atoms with Crippen molar-refractivity contribution in [2.75, 3.05) is 32.7 Å². The first-order valence-electron chi connectivity index (χ1n) is 10.2. The van der Waals surface area contributed by atoms with E-state index < -0.39 is 0 Å². The summed E-state index contributed by atoms with van der Waals surface area (Å²) < 4.78 is 0. The van der Waals surface area contributed by atoms with Crippen molar-refractivity contribution >= 4 is 6.03 Å². The van der Waals surface area contributed by atoms with Crippen LogP contribution < -0.4 is 10.6 Å². The zero-order valence-corrected chi connectivity index (χ0v) is 16.1. The number of carbonyl (C=O) groups excluding carboxylic acids is 1. The van der Waals surface area contributed by atoms with Crippen molar-refractivity contribution in [2.24, 2.45) is 0 Å². The lowest BCUT2D eigenvalue weighted by Crippen LogP contribution is -2.52. The van der Waals surface area contributed by atoms with Crippen LogP contribution in [0.4, 0.5) is 4.79 Å². The largest absolute Gasteiger partial charge is 0.335 e. The Hall–Kier alpha value is -1.59. The highest BCUT2D eigenvalue weighted by Gasteiger charge is 2.20. The average Bonchev–Trinajstić information content (AvgIpc) is 2.65. The maximum Gasteiger partial charge on any atom is 0.315 e. The first-order chi connectivity index (χ1) is 12.7. The molecule has 0 spiro atoms. The molecule has 1 aromatic rings. The van der Waals surface area contributed by atoms with Gasteiger partial charge in [0.05, 0.1) is 0 Å². The molecule has 144 valence electrons. The normalized spacial score (nSPS) is 21.3. The molecule has 1 saturated heterocycles. The molecule has 26 heavy (non-hydrogen) atoms. The van der Waals surface area contributed by atoms with E-state index in [1.165, 1.54) is 24.8 Å². The van der Waals surface area contributed by atoms with Crippen LogP contribution in [0, 0.1) is 0 Å². The number of hydrogen-bond acceptors (Lipinski definition) is 3. The van der Waals surface area contributed by atoms with E-state index in [-0.39, 0.29) is 12.1 Å². The Balaban J connectivity index is 1.32. The molecule has 5 heteroatoms. The fourth-order valence-corrected chi connectivity index (χ4v) is 4.10. The SMILES string of the molecule is C[C@@H](CN1CCN(Cc2ccccc2)CC1)NC(=O)NC1CCCCC1. The number of benzene rings is 1. The van der Waals surface area contributed by atoms with Crippen LogP contribution in [0.25, 0.3) is 0 Å². The molecule has 2 N–H and O–H groups in total. The van der Waals surface area contributed by atoms with Crippen LogP contribution in [0.2, 0.25) is 0 Å². The van der Waals surface area contributed by atoms with Crippen molar-refractivity contribution < 1.29 is 4.79 Å². The summed E-state index contributed by atoms with van der Waals surface area (Å²) >= 11 is 0. The van der Waals surface area contributed by atoms with Gasteiger partial charge in [0.1, 0.15) is 0 Å². The van der Waals surface area contributed by atoms with Gasteiger partial charge >= 0.3 is 6.03 Å². The third kappa shape index (κ3) is 6.29. The molecule has 1 atom stereocenters. The van der Waals surface area contributed by atoms with Crippen LogP contribution >= 0.6 is 0 Å². The van der Waals surface area contributed by atoms with Crippen LogP contribution in [0.3, 0.4) is 0 Å². The third-order valence-electron chi connectivity index (χ3n) is 5.56. The van der Waals surface area contributed by atoms with E-state index in [1.54, 1.807) is 0 Å². The smallest absolute Gasteiger partial charge is 0.315 e. The van der Waals surface area contributed by atoms with Gasteiger partial charge in [-0.25, -0.2) is 4.79 Å². The number of nitrogens with one attached hydrogen (secondary N) is 2. The lowest BCUT2D eigenvalue weighted by molar-refractivity contribution is 0.120. The van der Waals surface area contributed by atoms with Crippen LogP contribution in [0.5, 0.6) is 0 Å². The van der Waals surface area contributed by atoms with E-state index in [0.29, 0.717) is 6.04 Å². The Morgan fingerprint density at radius 2 is 1.69 bits per heavy atom. The van der Waals surface area contributed by atoms with Gasteiger partial charge in [-0.15, -0.1) is 0 Å². The van der Waals surface area contributed by atoms with Gasteiger partial charge in [-0.3, -0.25) is 9.80 Å². The number of rotatable bonds is 6. The standard InChI is InChI=1S/C21H34N4O/c1-18(22-21(26)23-20-10-6-3-7-11-20)16-24-12-14-25(15-13-24)17-19-8-4-2-5-9-19/h2,4-5,8-9,18,20H,3,6-7,10-17H2,1H3,(H2,22,23,26)/t18-/m0/s1. The highest BCUT2D eigenvalue weighted by molar-refractivity contribution is 5.74. The fraction of sp³-hybridized carbons (Fsp3) is 0.667. The Morgan fingerprint density at radius 3 is 2.38 bits per heavy atom. The number of hydrogen-bond donors (Lipinski definition) is 2. The topological polar surface area (TPSA) is 47.6 Å². The predicted octanol–water partition coefficient (Wildman–Crippen LogP) is 2.82. The molecular weight excluding hydrogens is 324 g/mol. The molecule has 2 amide bonds. The Kier molecular flexibility index (Phi) is 7.32. The van der Waals surface area contributed by atoms with Crippen molar-refractivity contribution in [3.05, 3.63) is 35.9 Å². The molecule has 2 fully saturated rings. The van der Waals surface area contributed by atoms with Crippen molar-refractivity contribution in [1.82, 2.24) is 20.4 Å². The summed E-state index contributed by atoms with van der Waals surface area (Å²) in [7, 11) is 0. The maximum absolute atomic E-state index is 12.2.